The van der Waals surface area contributed by atoms with Crippen LogP contribution in [0.5, 0.6) is 5.75 Å². The summed E-state index contributed by atoms with van der Waals surface area (Å²) in [6, 6.07) is 9.61. The van der Waals surface area contributed by atoms with Crippen LogP contribution in [0.1, 0.15) is 17.3 Å². The molecule has 1 aromatic carbocycles. The molecule has 2 heterocycles. The van der Waals surface area contributed by atoms with Gasteiger partial charge in [0.05, 0.1) is 12.2 Å². The van der Waals surface area contributed by atoms with Gasteiger partial charge in [0.2, 0.25) is 5.89 Å². The third kappa shape index (κ3) is 5.29. The number of β-amino-alcohol motifs (C(OH)–C–C–N with tert-alkyl or cyclic N) is 1. The Hall–Kier alpha value is -1.89. The normalized spacial score (nSPS) is 17.6. The summed E-state index contributed by atoms with van der Waals surface area (Å²) in [5, 5.41) is 10.2. The number of rotatable bonds is 7. The van der Waals surface area contributed by atoms with Gasteiger partial charge in [-0.2, -0.15) is 0 Å². The lowest BCUT2D eigenvalue weighted by Gasteiger charge is -2.34. The average molecular weight is 345 g/mol. The fourth-order valence-corrected chi connectivity index (χ4v) is 2.99. The Bertz CT molecular complexity index is 632. The van der Waals surface area contributed by atoms with Gasteiger partial charge in [0.15, 0.2) is 0 Å². The van der Waals surface area contributed by atoms with E-state index in [1.165, 1.54) is 0 Å². The van der Waals surface area contributed by atoms with Crippen LogP contribution < -0.4 is 4.74 Å². The van der Waals surface area contributed by atoms with Crippen LogP contribution in [0.2, 0.25) is 0 Å². The van der Waals surface area contributed by atoms with Crippen LogP contribution in [0.3, 0.4) is 0 Å². The van der Waals surface area contributed by atoms with E-state index in [9.17, 15) is 5.11 Å². The van der Waals surface area contributed by atoms with Crippen LogP contribution in [-0.2, 0) is 6.54 Å². The molecular weight excluding hydrogens is 318 g/mol. The van der Waals surface area contributed by atoms with Crippen molar-refractivity contribution in [3.8, 4) is 5.75 Å². The van der Waals surface area contributed by atoms with Crippen molar-refractivity contribution < 1.29 is 14.3 Å². The van der Waals surface area contributed by atoms with Crippen molar-refractivity contribution in [2.45, 2.75) is 26.5 Å². The average Bonchev–Trinajstić information content (AvgIpc) is 2.93. The molecule has 1 atom stereocenters. The fraction of sp³-hybridized carbons (Fsp3) is 0.526. The standard InChI is InChI=1S/C19H27N3O3/c1-15-16(2)25-19(20-15)13-22-10-8-21(9-11-22)12-17(23)14-24-18-6-4-3-5-7-18/h3-7,17,23H,8-14H2,1-2H3/t17-/m1/s1. The molecule has 6 heteroatoms. The number of aryl methyl sites for hydroxylation is 2. The van der Waals surface area contributed by atoms with Crippen molar-refractivity contribution in [1.29, 1.82) is 0 Å². The molecule has 0 unspecified atom stereocenters. The third-order valence-electron chi connectivity index (χ3n) is 4.55. The smallest absolute Gasteiger partial charge is 0.208 e. The lowest BCUT2D eigenvalue weighted by atomic mass is 10.2. The van der Waals surface area contributed by atoms with Crippen LogP contribution in [0.4, 0.5) is 0 Å². The van der Waals surface area contributed by atoms with Crippen molar-refractivity contribution >= 4 is 0 Å². The first-order valence-corrected chi connectivity index (χ1v) is 8.83. The van der Waals surface area contributed by atoms with Crippen LogP contribution in [-0.4, -0.2) is 65.3 Å². The lowest BCUT2D eigenvalue weighted by Crippen LogP contribution is -2.48. The van der Waals surface area contributed by atoms with E-state index >= 15 is 0 Å². The summed E-state index contributed by atoms with van der Waals surface area (Å²) in [5.41, 5.74) is 0.968. The van der Waals surface area contributed by atoms with Gasteiger partial charge in [0.25, 0.3) is 0 Å². The molecule has 1 aliphatic heterocycles. The summed E-state index contributed by atoms with van der Waals surface area (Å²) >= 11 is 0. The molecule has 1 N–H and O–H groups in total. The second-order valence-corrected chi connectivity index (χ2v) is 6.60. The molecule has 1 saturated heterocycles. The SMILES string of the molecule is Cc1nc(CN2CCN(C[C@@H](O)COc3ccccc3)CC2)oc1C. The van der Waals surface area contributed by atoms with Crippen LogP contribution in [0, 0.1) is 13.8 Å². The highest BCUT2D eigenvalue weighted by molar-refractivity contribution is 5.20. The van der Waals surface area contributed by atoms with Crippen LogP contribution in [0.15, 0.2) is 34.7 Å². The number of aromatic nitrogens is 1. The Morgan fingerprint density at radius 2 is 1.80 bits per heavy atom. The number of benzene rings is 1. The van der Waals surface area contributed by atoms with Crippen molar-refractivity contribution in [3.63, 3.8) is 0 Å². The first-order chi connectivity index (χ1) is 12.1. The minimum Gasteiger partial charge on any atom is -0.491 e. The second-order valence-electron chi connectivity index (χ2n) is 6.60. The number of ether oxygens (including phenoxy) is 1. The maximum atomic E-state index is 10.2. The summed E-state index contributed by atoms with van der Waals surface area (Å²) in [5.74, 6) is 2.48. The zero-order valence-electron chi connectivity index (χ0n) is 15.0. The molecule has 6 nitrogen and oxygen atoms in total. The Labute approximate surface area is 149 Å². The zero-order valence-corrected chi connectivity index (χ0v) is 15.0. The number of para-hydroxylation sites is 1. The van der Waals surface area contributed by atoms with Gasteiger partial charge in [0, 0.05) is 32.7 Å². The Kier molecular flexibility index (Phi) is 6.07. The van der Waals surface area contributed by atoms with E-state index in [0.717, 1.165) is 55.8 Å². The number of nitrogens with zero attached hydrogens (tertiary/aromatic N) is 3. The van der Waals surface area contributed by atoms with Gasteiger partial charge in [-0.15, -0.1) is 0 Å². The predicted octanol–water partition coefficient (Wildman–Crippen LogP) is 1.85. The molecule has 136 valence electrons. The van der Waals surface area contributed by atoms with E-state index in [0.29, 0.717) is 13.2 Å². The van der Waals surface area contributed by atoms with Gasteiger partial charge in [0.1, 0.15) is 24.2 Å². The first-order valence-electron chi connectivity index (χ1n) is 8.83. The minimum absolute atomic E-state index is 0.319. The van der Waals surface area contributed by atoms with Crippen molar-refractivity contribution in [1.82, 2.24) is 14.8 Å². The molecule has 0 aliphatic carbocycles. The fourth-order valence-electron chi connectivity index (χ4n) is 2.99. The molecule has 0 amide bonds. The van der Waals surface area contributed by atoms with Crippen molar-refractivity contribution in [2.75, 3.05) is 39.3 Å². The van der Waals surface area contributed by atoms with E-state index in [1.54, 1.807) is 0 Å². The van der Waals surface area contributed by atoms with Gasteiger partial charge in [-0.05, 0) is 26.0 Å². The molecular formula is C19H27N3O3. The zero-order chi connectivity index (χ0) is 17.6. The maximum Gasteiger partial charge on any atom is 0.208 e. The third-order valence-corrected chi connectivity index (χ3v) is 4.55. The van der Waals surface area contributed by atoms with E-state index in [2.05, 4.69) is 14.8 Å². The molecule has 1 fully saturated rings. The Balaban J connectivity index is 1.37. The number of piperazine rings is 1. The highest BCUT2D eigenvalue weighted by atomic mass is 16.5. The Morgan fingerprint density at radius 3 is 2.44 bits per heavy atom. The molecule has 0 bridgehead atoms. The lowest BCUT2D eigenvalue weighted by molar-refractivity contribution is 0.0430. The molecule has 0 saturated carbocycles. The highest BCUT2D eigenvalue weighted by Crippen LogP contribution is 2.13. The first kappa shape index (κ1) is 17.9. The van der Waals surface area contributed by atoms with Gasteiger partial charge >= 0.3 is 0 Å². The molecule has 0 spiro atoms. The predicted molar refractivity (Wildman–Crippen MR) is 95.6 cm³/mol. The van der Waals surface area contributed by atoms with Gasteiger partial charge in [-0.3, -0.25) is 9.80 Å². The van der Waals surface area contributed by atoms with Gasteiger partial charge in [-0.25, -0.2) is 4.98 Å². The maximum absolute atomic E-state index is 10.2. The number of hydrogen-bond donors (Lipinski definition) is 1. The topological polar surface area (TPSA) is 62.0 Å². The summed E-state index contributed by atoms with van der Waals surface area (Å²) < 4.78 is 11.3. The minimum atomic E-state index is -0.483. The van der Waals surface area contributed by atoms with Gasteiger partial charge < -0.3 is 14.3 Å². The summed E-state index contributed by atoms with van der Waals surface area (Å²) in [7, 11) is 0. The number of hydrogen-bond acceptors (Lipinski definition) is 6. The molecule has 1 aromatic heterocycles. The molecule has 3 rings (SSSR count). The number of aliphatic hydroxyl groups excluding tert-OH is 1. The molecule has 2 aromatic rings. The number of oxazole rings is 1. The quantitative estimate of drug-likeness (QED) is 0.826. The van der Waals surface area contributed by atoms with Crippen LogP contribution in [0.25, 0.3) is 0 Å². The van der Waals surface area contributed by atoms with E-state index < -0.39 is 6.10 Å². The monoisotopic (exact) mass is 345 g/mol. The van der Waals surface area contributed by atoms with E-state index in [4.69, 9.17) is 9.15 Å². The van der Waals surface area contributed by atoms with E-state index in [1.807, 2.05) is 44.2 Å². The van der Waals surface area contributed by atoms with Crippen molar-refractivity contribution in [2.24, 2.45) is 0 Å². The molecule has 0 radical (unpaired) electrons. The van der Waals surface area contributed by atoms with Crippen LogP contribution >= 0.6 is 0 Å². The van der Waals surface area contributed by atoms with Gasteiger partial charge in [-0.1, -0.05) is 18.2 Å². The number of aliphatic hydroxyl groups is 1. The molecule has 25 heavy (non-hydrogen) atoms. The highest BCUT2D eigenvalue weighted by Gasteiger charge is 2.21. The summed E-state index contributed by atoms with van der Waals surface area (Å²) in [6.45, 7) is 9.39. The largest absolute Gasteiger partial charge is 0.491 e. The Morgan fingerprint density at radius 1 is 1.12 bits per heavy atom. The molecule has 1 aliphatic rings. The second kappa shape index (κ2) is 8.47. The van der Waals surface area contributed by atoms with Crippen molar-refractivity contribution in [3.05, 3.63) is 47.7 Å². The summed E-state index contributed by atoms with van der Waals surface area (Å²) in [6.07, 6.45) is -0.483. The summed E-state index contributed by atoms with van der Waals surface area (Å²) in [4.78, 5) is 9.07. The van der Waals surface area contributed by atoms with E-state index in [-0.39, 0.29) is 0 Å².